The molecular formula is C28H35F3N2O6. The Bertz CT molecular complexity index is 1300. The number of ether oxygens (including phenoxy) is 3. The Kier molecular flexibility index (Phi) is 9.37. The number of fused-ring (bicyclic) bond motifs is 3. The van der Waals surface area contributed by atoms with Gasteiger partial charge in [-0.1, -0.05) is 26.0 Å². The standard InChI is InChI=1S/C28H35F3N2O6/c1-16(2)13-21(25(34)36-6)33-24(28(29,30)31)17-7-9-19-20-15-18(8-10-22(20)38-23(19)14-17)37-12-11-32-26(35)39-27(3,4)5/h7-10,14-16,21,24,33H,11-13H2,1-6H3,(H,32,35)/t21-,24-/m0/s1. The van der Waals surface area contributed by atoms with Crippen LogP contribution in [0, 0.1) is 5.92 Å². The van der Waals surface area contributed by atoms with Crippen LogP contribution in [0.1, 0.15) is 52.6 Å². The third-order valence-corrected chi connectivity index (χ3v) is 5.73. The number of amides is 1. The van der Waals surface area contributed by atoms with Crippen molar-refractivity contribution in [2.75, 3.05) is 20.3 Å². The summed E-state index contributed by atoms with van der Waals surface area (Å²) in [6, 6.07) is 6.09. The van der Waals surface area contributed by atoms with Crippen LogP contribution < -0.4 is 15.4 Å². The molecule has 3 rings (SSSR count). The van der Waals surface area contributed by atoms with Gasteiger partial charge in [-0.05, 0) is 62.9 Å². The van der Waals surface area contributed by atoms with Crippen LogP contribution in [0.15, 0.2) is 40.8 Å². The largest absolute Gasteiger partial charge is 0.492 e. The highest BCUT2D eigenvalue weighted by atomic mass is 19.4. The van der Waals surface area contributed by atoms with E-state index in [2.05, 4.69) is 10.6 Å². The van der Waals surface area contributed by atoms with Gasteiger partial charge in [0.15, 0.2) is 0 Å². The Balaban J connectivity index is 1.80. The van der Waals surface area contributed by atoms with E-state index >= 15 is 0 Å². The number of alkyl carbamates (subject to hydrolysis) is 1. The molecule has 0 saturated carbocycles. The summed E-state index contributed by atoms with van der Waals surface area (Å²) in [5, 5.41) is 6.33. The molecule has 1 aromatic heterocycles. The fourth-order valence-electron chi connectivity index (χ4n) is 4.11. The fourth-order valence-corrected chi connectivity index (χ4v) is 4.11. The average molecular weight is 553 g/mol. The molecule has 3 aromatic rings. The van der Waals surface area contributed by atoms with Gasteiger partial charge in [0.2, 0.25) is 0 Å². The minimum atomic E-state index is -4.67. The molecule has 214 valence electrons. The molecule has 2 aromatic carbocycles. The van der Waals surface area contributed by atoms with Gasteiger partial charge >= 0.3 is 18.2 Å². The quantitative estimate of drug-likeness (QED) is 0.226. The average Bonchev–Trinajstić information content (AvgIpc) is 3.18. The Hall–Kier alpha value is -3.47. The van der Waals surface area contributed by atoms with Crippen LogP contribution in [0.3, 0.4) is 0 Å². The van der Waals surface area contributed by atoms with Crippen molar-refractivity contribution in [3.8, 4) is 5.75 Å². The molecule has 0 radical (unpaired) electrons. The molecule has 0 aliphatic rings. The van der Waals surface area contributed by atoms with Crippen molar-refractivity contribution in [1.82, 2.24) is 10.6 Å². The predicted octanol–water partition coefficient (Wildman–Crippen LogP) is 6.27. The van der Waals surface area contributed by atoms with Gasteiger partial charge in [0.05, 0.1) is 13.7 Å². The number of halogens is 3. The van der Waals surface area contributed by atoms with Gasteiger partial charge < -0.3 is 23.9 Å². The van der Waals surface area contributed by atoms with E-state index in [0.29, 0.717) is 22.1 Å². The number of hydrogen-bond acceptors (Lipinski definition) is 7. The number of rotatable bonds is 10. The number of esters is 1. The topological polar surface area (TPSA) is 99.0 Å². The molecule has 0 spiro atoms. The summed E-state index contributed by atoms with van der Waals surface area (Å²) in [7, 11) is 1.15. The summed E-state index contributed by atoms with van der Waals surface area (Å²) in [6.45, 7) is 9.33. The molecule has 1 heterocycles. The van der Waals surface area contributed by atoms with Crippen LogP contribution >= 0.6 is 0 Å². The van der Waals surface area contributed by atoms with Gasteiger partial charge in [0.1, 0.15) is 41.2 Å². The van der Waals surface area contributed by atoms with E-state index in [0.717, 1.165) is 7.11 Å². The first-order valence-electron chi connectivity index (χ1n) is 12.6. The van der Waals surface area contributed by atoms with E-state index in [1.54, 1.807) is 45.0 Å². The second kappa shape index (κ2) is 12.1. The number of carbonyl (C=O) groups is 2. The van der Waals surface area contributed by atoms with Gasteiger partial charge in [-0.2, -0.15) is 13.2 Å². The molecule has 1 amide bonds. The van der Waals surface area contributed by atoms with Crippen LogP contribution in [0.2, 0.25) is 0 Å². The number of methoxy groups -OCH3 is 1. The van der Waals surface area contributed by atoms with E-state index in [9.17, 15) is 22.8 Å². The summed E-state index contributed by atoms with van der Waals surface area (Å²) < 4.78 is 63.8. The zero-order valence-corrected chi connectivity index (χ0v) is 22.9. The lowest BCUT2D eigenvalue weighted by molar-refractivity contribution is -0.164. The minimum absolute atomic E-state index is 0.0298. The summed E-state index contributed by atoms with van der Waals surface area (Å²) in [6.07, 6.45) is -5.04. The summed E-state index contributed by atoms with van der Waals surface area (Å²) in [4.78, 5) is 23.9. The predicted molar refractivity (Wildman–Crippen MR) is 141 cm³/mol. The first kappa shape index (κ1) is 30.1. The van der Waals surface area contributed by atoms with Crippen LogP contribution in [-0.2, 0) is 14.3 Å². The number of alkyl halides is 3. The first-order valence-corrected chi connectivity index (χ1v) is 12.6. The smallest absolute Gasteiger partial charge is 0.407 e. The maximum absolute atomic E-state index is 14.1. The SMILES string of the molecule is COC(=O)[C@H](CC(C)C)N[C@@H](c1ccc2c(c1)oc1ccc(OCCNC(=O)OC(C)(C)C)cc12)C(F)(F)F. The highest BCUT2D eigenvalue weighted by Crippen LogP contribution is 2.38. The number of nitrogens with one attached hydrogen (secondary N) is 2. The third-order valence-electron chi connectivity index (χ3n) is 5.73. The van der Waals surface area contributed by atoms with E-state index in [1.807, 2.05) is 13.8 Å². The molecular weight excluding hydrogens is 517 g/mol. The van der Waals surface area contributed by atoms with Gasteiger partial charge in [0.25, 0.3) is 0 Å². The van der Waals surface area contributed by atoms with Crippen molar-refractivity contribution in [3.05, 3.63) is 42.0 Å². The molecule has 0 aliphatic heterocycles. The molecule has 8 nitrogen and oxygen atoms in total. The Morgan fingerprint density at radius 2 is 1.72 bits per heavy atom. The van der Waals surface area contributed by atoms with Crippen molar-refractivity contribution < 1.29 is 41.4 Å². The minimum Gasteiger partial charge on any atom is -0.492 e. The van der Waals surface area contributed by atoms with Crippen LogP contribution in [-0.4, -0.2) is 50.1 Å². The van der Waals surface area contributed by atoms with Crippen molar-refractivity contribution >= 4 is 34.0 Å². The monoisotopic (exact) mass is 552 g/mol. The van der Waals surface area contributed by atoms with Crippen molar-refractivity contribution in [2.45, 2.75) is 64.9 Å². The molecule has 0 aliphatic carbocycles. The number of carbonyl (C=O) groups excluding carboxylic acids is 2. The first-order chi connectivity index (χ1) is 18.2. The Morgan fingerprint density at radius 3 is 2.33 bits per heavy atom. The van der Waals surface area contributed by atoms with Crippen LogP contribution in [0.4, 0.5) is 18.0 Å². The summed E-state index contributed by atoms with van der Waals surface area (Å²) in [5.41, 5.74) is 0.0493. The maximum Gasteiger partial charge on any atom is 0.407 e. The Morgan fingerprint density at radius 1 is 1.00 bits per heavy atom. The summed E-state index contributed by atoms with van der Waals surface area (Å²) >= 11 is 0. The van der Waals surface area contributed by atoms with Crippen molar-refractivity contribution in [3.63, 3.8) is 0 Å². The van der Waals surface area contributed by atoms with Gasteiger partial charge in [-0.3, -0.25) is 10.1 Å². The van der Waals surface area contributed by atoms with Crippen molar-refractivity contribution in [2.24, 2.45) is 5.92 Å². The van der Waals surface area contributed by atoms with Gasteiger partial charge in [-0.15, -0.1) is 0 Å². The normalized spacial score (nSPS) is 13.9. The lowest BCUT2D eigenvalue weighted by Crippen LogP contribution is -2.45. The highest BCUT2D eigenvalue weighted by Gasteiger charge is 2.43. The van der Waals surface area contributed by atoms with Gasteiger partial charge in [0, 0.05) is 10.8 Å². The van der Waals surface area contributed by atoms with Crippen LogP contribution in [0.25, 0.3) is 21.9 Å². The van der Waals surface area contributed by atoms with Gasteiger partial charge in [-0.25, -0.2) is 4.79 Å². The van der Waals surface area contributed by atoms with E-state index in [-0.39, 0.29) is 36.6 Å². The zero-order valence-electron chi connectivity index (χ0n) is 22.9. The highest BCUT2D eigenvalue weighted by molar-refractivity contribution is 6.05. The molecule has 0 bridgehead atoms. The van der Waals surface area contributed by atoms with Crippen molar-refractivity contribution in [1.29, 1.82) is 0 Å². The summed E-state index contributed by atoms with van der Waals surface area (Å²) in [5.74, 6) is -0.279. The number of furan rings is 1. The number of benzene rings is 2. The molecule has 2 atom stereocenters. The van der Waals surface area contributed by atoms with E-state index < -0.39 is 35.9 Å². The molecule has 0 unspecified atom stereocenters. The lowest BCUT2D eigenvalue weighted by Gasteiger charge is -2.27. The second-order valence-electron chi connectivity index (χ2n) is 10.6. The molecule has 0 saturated heterocycles. The number of hydrogen-bond donors (Lipinski definition) is 2. The third kappa shape index (κ3) is 8.26. The zero-order chi connectivity index (χ0) is 29.0. The van der Waals surface area contributed by atoms with E-state index in [4.69, 9.17) is 18.6 Å². The molecule has 11 heteroatoms. The Labute approximate surface area is 225 Å². The second-order valence-corrected chi connectivity index (χ2v) is 10.6. The lowest BCUT2D eigenvalue weighted by atomic mass is 9.99. The molecule has 2 N–H and O–H groups in total. The van der Waals surface area contributed by atoms with E-state index in [1.165, 1.54) is 12.1 Å². The molecule has 39 heavy (non-hydrogen) atoms. The van der Waals surface area contributed by atoms with Crippen LogP contribution in [0.5, 0.6) is 5.75 Å². The maximum atomic E-state index is 14.1. The molecule has 0 fully saturated rings. The fraction of sp³-hybridized carbons (Fsp3) is 0.500.